The van der Waals surface area contributed by atoms with E-state index in [4.69, 9.17) is 0 Å². The maximum absolute atomic E-state index is 12.3. The lowest BCUT2D eigenvalue weighted by Gasteiger charge is -2.19. The highest BCUT2D eigenvalue weighted by Crippen LogP contribution is 2.28. The van der Waals surface area contributed by atoms with Gasteiger partial charge in [0.25, 0.3) is 0 Å². The second kappa shape index (κ2) is 7.03. The third kappa shape index (κ3) is 4.02. The Balaban J connectivity index is 1.70. The predicted molar refractivity (Wildman–Crippen MR) is 95.9 cm³/mol. The monoisotopic (exact) mass is 364 g/mol. The number of carbonyl (C=O) groups excluding carboxylic acids is 1. The Morgan fingerprint density at radius 2 is 1.83 bits per heavy atom. The zero-order valence-corrected chi connectivity index (χ0v) is 15.1. The summed E-state index contributed by atoms with van der Waals surface area (Å²) >= 11 is 1.39. The molecule has 1 fully saturated rings. The van der Waals surface area contributed by atoms with E-state index in [9.17, 15) is 13.2 Å². The largest absolute Gasteiger partial charge is 0.302 e. The number of carbonyl (C=O) groups is 1. The summed E-state index contributed by atoms with van der Waals surface area (Å²) in [6.07, 6.45) is 6.55. The number of aromatic nitrogens is 1. The van der Waals surface area contributed by atoms with Crippen LogP contribution >= 0.6 is 11.3 Å². The Labute approximate surface area is 146 Å². The lowest BCUT2D eigenvalue weighted by Crippen LogP contribution is -2.24. The molecule has 1 amide bonds. The first-order chi connectivity index (χ1) is 11.4. The first-order valence-electron chi connectivity index (χ1n) is 8.00. The zero-order valence-electron chi connectivity index (χ0n) is 13.5. The van der Waals surface area contributed by atoms with Crippen molar-refractivity contribution in [1.82, 2.24) is 4.98 Å². The molecular formula is C17H20N2O3S2. The molecule has 2 aromatic rings. The minimum atomic E-state index is -3.20. The summed E-state index contributed by atoms with van der Waals surface area (Å²) in [5.41, 5.74) is 1.57. The Bertz CT molecular complexity index is 820. The number of hydrogen-bond donors (Lipinski definition) is 1. The van der Waals surface area contributed by atoms with Gasteiger partial charge < -0.3 is 5.32 Å². The SMILES string of the molecule is CS(=O)(=O)c1ccc(-c2csc(NC(=O)C3CCCCC3)n2)cc1. The Hall–Kier alpha value is -1.73. The summed E-state index contributed by atoms with van der Waals surface area (Å²) in [4.78, 5) is 17.0. The number of anilines is 1. The van der Waals surface area contributed by atoms with Gasteiger partial charge in [-0.1, -0.05) is 31.4 Å². The second-order valence-corrected chi connectivity index (χ2v) is 9.03. The number of nitrogens with one attached hydrogen (secondary N) is 1. The number of amides is 1. The van der Waals surface area contributed by atoms with Crippen molar-refractivity contribution in [2.45, 2.75) is 37.0 Å². The molecule has 1 aromatic carbocycles. The number of sulfone groups is 1. The summed E-state index contributed by atoms with van der Waals surface area (Å²) in [6.45, 7) is 0. The molecule has 7 heteroatoms. The average Bonchev–Trinajstić information content (AvgIpc) is 3.03. The van der Waals surface area contributed by atoms with Crippen LogP contribution in [-0.2, 0) is 14.6 Å². The van der Waals surface area contributed by atoms with Crippen molar-refractivity contribution in [2.75, 3.05) is 11.6 Å². The van der Waals surface area contributed by atoms with Crippen molar-refractivity contribution in [2.24, 2.45) is 5.92 Å². The van der Waals surface area contributed by atoms with Gasteiger partial charge in [-0.25, -0.2) is 13.4 Å². The van der Waals surface area contributed by atoms with E-state index in [1.54, 1.807) is 24.3 Å². The van der Waals surface area contributed by atoms with Crippen molar-refractivity contribution >= 4 is 32.2 Å². The first kappa shape index (κ1) is 17.1. The van der Waals surface area contributed by atoms with E-state index in [1.807, 2.05) is 5.38 Å². The summed E-state index contributed by atoms with van der Waals surface area (Å²) in [5.74, 6) is 0.156. The van der Waals surface area contributed by atoms with Gasteiger partial charge in [-0.05, 0) is 25.0 Å². The van der Waals surface area contributed by atoms with Crippen LogP contribution in [0.5, 0.6) is 0 Å². The van der Waals surface area contributed by atoms with Gasteiger partial charge in [0, 0.05) is 23.1 Å². The maximum atomic E-state index is 12.3. The molecule has 5 nitrogen and oxygen atoms in total. The van der Waals surface area contributed by atoms with E-state index >= 15 is 0 Å². The van der Waals surface area contributed by atoms with Crippen LogP contribution < -0.4 is 5.32 Å². The van der Waals surface area contributed by atoms with E-state index in [2.05, 4.69) is 10.3 Å². The van der Waals surface area contributed by atoms with Crippen LogP contribution in [0.3, 0.4) is 0 Å². The number of benzene rings is 1. The van der Waals surface area contributed by atoms with Crippen LogP contribution in [0, 0.1) is 5.92 Å². The fourth-order valence-corrected chi connectivity index (χ4v) is 4.26. The van der Waals surface area contributed by atoms with Crippen LogP contribution in [0.2, 0.25) is 0 Å². The maximum Gasteiger partial charge on any atom is 0.229 e. The second-order valence-electron chi connectivity index (χ2n) is 6.16. The Morgan fingerprint density at radius 1 is 1.17 bits per heavy atom. The normalized spacial score (nSPS) is 16.0. The number of rotatable bonds is 4. The van der Waals surface area contributed by atoms with Gasteiger partial charge in [0.05, 0.1) is 10.6 Å². The van der Waals surface area contributed by atoms with Gasteiger partial charge >= 0.3 is 0 Å². The van der Waals surface area contributed by atoms with Crippen LogP contribution in [-0.4, -0.2) is 25.6 Å². The molecule has 128 valence electrons. The highest BCUT2D eigenvalue weighted by Gasteiger charge is 2.22. The number of hydrogen-bond acceptors (Lipinski definition) is 5. The fraction of sp³-hybridized carbons (Fsp3) is 0.412. The predicted octanol–water partition coefficient (Wildman–Crippen LogP) is 3.73. The number of thiazole rings is 1. The van der Waals surface area contributed by atoms with Gasteiger partial charge in [-0.3, -0.25) is 4.79 Å². The molecule has 1 aliphatic rings. The fourth-order valence-electron chi connectivity index (χ4n) is 2.91. The van der Waals surface area contributed by atoms with Gasteiger partial charge in [-0.2, -0.15) is 0 Å². The van der Waals surface area contributed by atoms with Crippen LogP contribution in [0.15, 0.2) is 34.5 Å². The molecule has 0 unspecified atom stereocenters. The Morgan fingerprint density at radius 3 is 2.46 bits per heavy atom. The van der Waals surface area contributed by atoms with Crippen LogP contribution in [0.1, 0.15) is 32.1 Å². The number of nitrogens with zero attached hydrogens (tertiary/aromatic N) is 1. The van der Waals surface area contributed by atoms with Crippen molar-refractivity contribution in [1.29, 1.82) is 0 Å². The third-order valence-electron chi connectivity index (χ3n) is 4.29. The quantitative estimate of drug-likeness (QED) is 0.897. The van der Waals surface area contributed by atoms with Crippen LogP contribution in [0.4, 0.5) is 5.13 Å². The molecule has 1 N–H and O–H groups in total. The highest BCUT2D eigenvalue weighted by molar-refractivity contribution is 7.90. The Kier molecular flexibility index (Phi) is 5.01. The molecule has 24 heavy (non-hydrogen) atoms. The van der Waals surface area contributed by atoms with Crippen molar-refractivity contribution < 1.29 is 13.2 Å². The van der Waals surface area contributed by atoms with Crippen molar-refractivity contribution in [3.63, 3.8) is 0 Å². The average molecular weight is 364 g/mol. The van der Waals surface area contributed by atoms with E-state index in [0.29, 0.717) is 5.13 Å². The lowest BCUT2D eigenvalue weighted by molar-refractivity contribution is -0.120. The van der Waals surface area contributed by atoms with E-state index in [0.717, 1.165) is 36.9 Å². The minimum Gasteiger partial charge on any atom is -0.302 e. The molecule has 1 aromatic heterocycles. The highest BCUT2D eigenvalue weighted by atomic mass is 32.2. The molecule has 0 saturated heterocycles. The summed E-state index contributed by atoms with van der Waals surface area (Å²) in [7, 11) is -3.20. The first-order valence-corrected chi connectivity index (χ1v) is 10.8. The molecule has 0 radical (unpaired) electrons. The van der Waals surface area contributed by atoms with Gasteiger partial charge in [0.2, 0.25) is 5.91 Å². The lowest BCUT2D eigenvalue weighted by atomic mass is 9.89. The van der Waals surface area contributed by atoms with Crippen molar-refractivity contribution in [3.05, 3.63) is 29.6 Å². The molecule has 1 saturated carbocycles. The van der Waals surface area contributed by atoms with Gasteiger partial charge in [-0.15, -0.1) is 11.3 Å². The van der Waals surface area contributed by atoms with Crippen LogP contribution in [0.25, 0.3) is 11.3 Å². The summed E-state index contributed by atoms with van der Waals surface area (Å²) in [6, 6.07) is 6.62. The molecule has 0 bridgehead atoms. The summed E-state index contributed by atoms with van der Waals surface area (Å²) in [5, 5.41) is 5.37. The topological polar surface area (TPSA) is 76.1 Å². The minimum absolute atomic E-state index is 0.0584. The smallest absolute Gasteiger partial charge is 0.229 e. The molecule has 3 rings (SSSR count). The molecule has 0 spiro atoms. The van der Waals surface area contributed by atoms with E-state index in [1.165, 1.54) is 24.0 Å². The molecular weight excluding hydrogens is 344 g/mol. The third-order valence-corrected chi connectivity index (χ3v) is 6.17. The van der Waals surface area contributed by atoms with E-state index in [-0.39, 0.29) is 16.7 Å². The zero-order chi connectivity index (χ0) is 17.2. The molecule has 1 heterocycles. The standard InChI is InChI=1S/C17H20N2O3S2/c1-24(21,22)14-9-7-12(8-10-14)15-11-23-17(18-15)19-16(20)13-5-3-2-4-6-13/h7-11,13H,2-6H2,1H3,(H,18,19,20). The van der Waals surface area contributed by atoms with E-state index < -0.39 is 9.84 Å². The van der Waals surface area contributed by atoms with Gasteiger partial charge in [0.1, 0.15) is 0 Å². The summed E-state index contributed by atoms with van der Waals surface area (Å²) < 4.78 is 23.0. The van der Waals surface area contributed by atoms with Gasteiger partial charge in [0.15, 0.2) is 15.0 Å². The molecule has 0 atom stereocenters. The molecule has 0 aliphatic heterocycles. The molecule has 1 aliphatic carbocycles. The van der Waals surface area contributed by atoms with Crippen molar-refractivity contribution in [3.8, 4) is 11.3 Å².